The highest BCUT2D eigenvalue weighted by atomic mass is 16.6. The van der Waals surface area contributed by atoms with Gasteiger partial charge in [0.25, 0.3) is 0 Å². The van der Waals surface area contributed by atoms with Crippen LogP contribution in [-0.4, -0.2) is 30.8 Å². The van der Waals surface area contributed by atoms with Gasteiger partial charge in [-0.3, -0.25) is 4.79 Å². The summed E-state index contributed by atoms with van der Waals surface area (Å²) in [4.78, 5) is 22.9. The first-order chi connectivity index (χ1) is 8.14. The molecule has 0 fully saturated rings. The lowest BCUT2D eigenvalue weighted by Crippen LogP contribution is -2.41. The molecule has 0 aromatic carbocycles. The highest BCUT2D eigenvalue weighted by molar-refractivity contribution is 5.72. The third kappa shape index (κ3) is 8.84. The summed E-state index contributed by atoms with van der Waals surface area (Å²) in [6.45, 7) is 9.45. The third-order valence-electron chi connectivity index (χ3n) is 2.12. The highest BCUT2D eigenvalue weighted by Crippen LogP contribution is 2.11. The smallest absolute Gasteiger partial charge is 0.407 e. The van der Waals surface area contributed by atoms with Crippen molar-refractivity contribution in [2.24, 2.45) is 5.92 Å². The van der Waals surface area contributed by atoms with Crippen molar-refractivity contribution in [1.29, 1.82) is 0 Å². The van der Waals surface area contributed by atoms with E-state index in [0.29, 0.717) is 12.3 Å². The molecule has 1 amide bonds. The minimum atomic E-state index is -0.544. The molecule has 0 saturated heterocycles. The predicted molar refractivity (Wildman–Crippen MR) is 69.2 cm³/mol. The van der Waals surface area contributed by atoms with E-state index in [2.05, 4.69) is 10.1 Å². The minimum absolute atomic E-state index is 0.161. The van der Waals surface area contributed by atoms with Gasteiger partial charge in [-0.25, -0.2) is 4.79 Å². The molecular formula is C13H25NO4. The van der Waals surface area contributed by atoms with Crippen molar-refractivity contribution < 1.29 is 19.1 Å². The average molecular weight is 259 g/mol. The van der Waals surface area contributed by atoms with Crippen molar-refractivity contribution >= 4 is 12.1 Å². The van der Waals surface area contributed by atoms with Gasteiger partial charge in [0.1, 0.15) is 5.60 Å². The maximum Gasteiger partial charge on any atom is 0.407 e. The lowest BCUT2D eigenvalue weighted by molar-refractivity contribution is -0.141. The minimum Gasteiger partial charge on any atom is -0.469 e. The maximum absolute atomic E-state index is 11.6. The van der Waals surface area contributed by atoms with Gasteiger partial charge < -0.3 is 14.8 Å². The van der Waals surface area contributed by atoms with E-state index in [-0.39, 0.29) is 18.4 Å². The molecule has 0 aliphatic carbocycles. The van der Waals surface area contributed by atoms with Crippen molar-refractivity contribution in [2.45, 2.75) is 59.1 Å². The standard InChI is InChI=1S/C13H25NO4/c1-9(2)7-10(8-11(15)17-6)14-12(16)18-13(3,4)5/h9-10H,7-8H2,1-6H3,(H,14,16). The zero-order chi connectivity index (χ0) is 14.3. The van der Waals surface area contributed by atoms with Crippen LogP contribution < -0.4 is 5.32 Å². The predicted octanol–water partition coefficient (Wildman–Crippen LogP) is 2.49. The van der Waals surface area contributed by atoms with Gasteiger partial charge >= 0.3 is 12.1 Å². The zero-order valence-electron chi connectivity index (χ0n) is 12.2. The number of carbonyl (C=O) groups excluding carboxylic acids is 2. The molecular weight excluding hydrogens is 234 g/mol. The summed E-state index contributed by atoms with van der Waals surface area (Å²) in [5.41, 5.74) is -0.544. The van der Waals surface area contributed by atoms with Crippen LogP contribution in [0.3, 0.4) is 0 Å². The van der Waals surface area contributed by atoms with Crippen molar-refractivity contribution in [2.75, 3.05) is 7.11 Å². The molecule has 0 bridgehead atoms. The highest BCUT2D eigenvalue weighted by Gasteiger charge is 2.22. The first-order valence-corrected chi connectivity index (χ1v) is 6.20. The van der Waals surface area contributed by atoms with E-state index >= 15 is 0 Å². The number of nitrogens with one attached hydrogen (secondary N) is 1. The normalized spacial score (nSPS) is 13.1. The summed E-state index contributed by atoms with van der Waals surface area (Å²) in [7, 11) is 1.34. The van der Waals surface area contributed by atoms with Crippen molar-refractivity contribution in [3.63, 3.8) is 0 Å². The number of ether oxygens (including phenoxy) is 2. The van der Waals surface area contributed by atoms with E-state index in [4.69, 9.17) is 4.74 Å². The number of hydrogen-bond donors (Lipinski definition) is 1. The third-order valence-corrected chi connectivity index (χ3v) is 2.12. The zero-order valence-corrected chi connectivity index (χ0v) is 12.2. The molecule has 106 valence electrons. The summed E-state index contributed by atoms with van der Waals surface area (Å²) in [6, 6.07) is -0.257. The Labute approximate surface area is 109 Å². The SMILES string of the molecule is COC(=O)CC(CC(C)C)NC(=O)OC(C)(C)C. The molecule has 0 aromatic heterocycles. The molecule has 0 radical (unpaired) electrons. The number of esters is 1. The summed E-state index contributed by atoms with van der Waals surface area (Å²) in [6.07, 6.45) is 0.361. The molecule has 0 aliphatic rings. The van der Waals surface area contributed by atoms with E-state index in [9.17, 15) is 9.59 Å². The van der Waals surface area contributed by atoms with Crippen LogP contribution in [0.5, 0.6) is 0 Å². The molecule has 1 N–H and O–H groups in total. The number of carbonyl (C=O) groups is 2. The van der Waals surface area contributed by atoms with E-state index < -0.39 is 11.7 Å². The van der Waals surface area contributed by atoms with Crippen LogP contribution in [0.1, 0.15) is 47.5 Å². The van der Waals surface area contributed by atoms with Crippen LogP contribution in [0.25, 0.3) is 0 Å². The topological polar surface area (TPSA) is 64.6 Å². The van der Waals surface area contributed by atoms with Gasteiger partial charge in [-0.1, -0.05) is 13.8 Å². The molecule has 0 aromatic rings. The Morgan fingerprint density at radius 1 is 1.22 bits per heavy atom. The van der Waals surface area contributed by atoms with Crippen molar-refractivity contribution in [3.05, 3.63) is 0 Å². The number of methoxy groups -OCH3 is 1. The second kappa shape index (κ2) is 7.24. The summed E-state index contributed by atoms with van der Waals surface area (Å²) in [5, 5.41) is 2.71. The second-order valence-electron chi connectivity index (χ2n) is 5.75. The lowest BCUT2D eigenvalue weighted by atomic mass is 10.0. The number of alkyl carbamates (subject to hydrolysis) is 1. The van der Waals surface area contributed by atoms with E-state index in [0.717, 1.165) is 0 Å². The van der Waals surface area contributed by atoms with Gasteiger partial charge in [0.2, 0.25) is 0 Å². The van der Waals surface area contributed by atoms with Crippen LogP contribution in [0.4, 0.5) is 4.79 Å². The van der Waals surface area contributed by atoms with Gasteiger partial charge in [-0.2, -0.15) is 0 Å². The Balaban J connectivity index is 4.39. The van der Waals surface area contributed by atoms with E-state index in [1.165, 1.54) is 7.11 Å². The monoisotopic (exact) mass is 259 g/mol. The van der Waals surface area contributed by atoms with Gasteiger partial charge in [0.15, 0.2) is 0 Å². The van der Waals surface area contributed by atoms with Gasteiger partial charge in [0.05, 0.1) is 13.5 Å². The molecule has 0 aliphatic heterocycles. The molecule has 5 nitrogen and oxygen atoms in total. The summed E-state index contributed by atoms with van der Waals surface area (Å²) >= 11 is 0. The molecule has 0 saturated carbocycles. The van der Waals surface area contributed by atoms with Gasteiger partial charge in [-0.05, 0) is 33.1 Å². The lowest BCUT2D eigenvalue weighted by Gasteiger charge is -2.24. The van der Waals surface area contributed by atoms with E-state index in [1.807, 2.05) is 13.8 Å². The molecule has 18 heavy (non-hydrogen) atoms. The number of amides is 1. The number of rotatable bonds is 5. The second-order valence-corrected chi connectivity index (χ2v) is 5.75. The van der Waals surface area contributed by atoms with Crippen molar-refractivity contribution in [3.8, 4) is 0 Å². The Morgan fingerprint density at radius 2 is 1.78 bits per heavy atom. The largest absolute Gasteiger partial charge is 0.469 e. The Bertz CT molecular complexity index is 281. The molecule has 0 heterocycles. The first kappa shape index (κ1) is 16.7. The molecule has 0 spiro atoms. The molecule has 0 rings (SSSR count). The Hall–Kier alpha value is -1.26. The summed E-state index contributed by atoms with van der Waals surface area (Å²) < 4.78 is 9.78. The quantitative estimate of drug-likeness (QED) is 0.770. The number of hydrogen-bond acceptors (Lipinski definition) is 4. The average Bonchev–Trinajstić information content (AvgIpc) is 2.12. The van der Waals surface area contributed by atoms with Crippen LogP contribution in [0, 0.1) is 5.92 Å². The van der Waals surface area contributed by atoms with Crippen molar-refractivity contribution in [1.82, 2.24) is 5.32 Å². The van der Waals surface area contributed by atoms with Crippen LogP contribution in [0.2, 0.25) is 0 Å². The Kier molecular flexibility index (Phi) is 6.73. The maximum atomic E-state index is 11.6. The van der Waals surface area contributed by atoms with Gasteiger partial charge in [-0.15, -0.1) is 0 Å². The fourth-order valence-corrected chi connectivity index (χ4v) is 1.52. The van der Waals surface area contributed by atoms with Crippen LogP contribution in [-0.2, 0) is 14.3 Å². The van der Waals surface area contributed by atoms with Crippen LogP contribution in [0.15, 0.2) is 0 Å². The Morgan fingerprint density at radius 3 is 2.17 bits per heavy atom. The molecule has 1 unspecified atom stereocenters. The summed E-state index contributed by atoms with van der Waals surface area (Å²) in [5.74, 6) is 0.0336. The first-order valence-electron chi connectivity index (χ1n) is 6.20. The van der Waals surface area contributed by atoms with E-state index in [1.54, 1.807) is 20.8 Å². The fourth-order valence-electron chi connectivity index (χ4n) is 1.52. The fraction of sp³-hybridized carbons (Fsp3) is 0.846. The van der Waals surface area contributed by atoms with Crippen LogP contribution >= 0.6 is 0 Å². The molecule has 1 atom stereocenters. The van der Waals surface area contributed by atoms with Gasteiger partial charge in [0, 0.05) is 6.04 Å². The molecule has 5 heteroatoms.